The molecule has 5 nitrogen and oxygen atoms in total. The Morgan fingerprint density at radius 1 is 1.16 bits per heavy atom. The summed E-state index contributed by atoms with van der Waals surface area (Å²) in [6.07, 6.45) is 1.59. The van der Waals surface area contributed by atoms with Crippen molar-refractivity contribution < 1.29 is 4.79 Å². The molecule has 0 atom stereocenters. The Hall–Kier alpha value is -1.82. The maximum atomic E-state index is 12.4. The van der Waals surface area contributed by atoms with E-state index in [-0.39, 0.29) is 5.91 Å². The molecule has 3 rings (SSSR count). The number of carbonyl (C=O) groups excluding carboxylic acids is 1. The number of benzene rings is 1. The molecule has 1 saturated heterocycles. The van der Waals surface area contributed by atoms with Crippen LogP contribution in [-0.2, 0) is 0 Å². The molecule has 0 unspecified atom stereocenters. The molecule has 1 amide bonds. The van der Waals surface area contributed by atoms with Crippen LogP contribution >= 0.6 is 23.2 Å². The fourth-order valence-corrected chi connectivity index (χ4v) is 3.14. The first kappa shape index (κ1) is 18.0. The van der Waals surface area contributed by atoms with Gasteiger partial charge in [-0.05, 0) is 30.8 Å². The van der Waals surface area contributed by atoms with Crippen molar-refractivity contribution in [1.82, 2.24) is 9.88 Å². The molecule has 1 N–H and O–H groups in total. The standard InChI is InChI=1S/C18H20Cl2N4O/c1-2-23-8-10-24(11-9-23)16-7-6-13(12-21-16)18(25)22-15-5-3-4-14(19)17(15)20/h3-7,12H,2,8-11H2,1H3,(H,22,25). The number of anilines is 2. The fourth-order valence-electron chi connectivity index (χ4n) is 2.80. The van der Waals surface area contributed by atoms with Crippen LogP contribution in [0, 0.1) is 0 Å². The predicted octanol–water partition coefficient (Wildman–Crippen LogP) is 3.78. The number of nitrogens with one attached hydrogen (secondary N) is 1. The third-order valence-corrected chi connectivity index (χ3v) is 5.17. The first-order valence-electron chi connectivity index (χ1n) is 8.27. The second kappa shape index (κ2) is 8.04. The number of rotatable bonds is 4. The molecule has 1 aromatic heterocycles. The number of hydrogen-bond acceptors (Lipinski definition) is 4. The van der Waals surface area contributed by atoms with Gasteiger partial charge in [0.15, 0.2) is 0 Å². The van der Waals surface area contributed by atoms with E-state index in [4.69, 9.17) is 23.2 Å². The maximum Gasteiger partial charge on any atom is 0.257 e. The highest BCUT2D eigenvalue weighted by molar-refractivity contribution is 6.44. The lowest BCUT2D eigenvalue weighted by Crippen LogP contribution is -2.46. The topological polar surface area (TPSA) is 48.5 Å². The van der Waals surface area contributed by atoms with Gasteiger partial charge in [0.25, 0.3) is 5.91 Å². The fraction of sp³-hybridized carbons (Fsp3) is 0.333. The highest BCUT2D eigenvalue weighted by Crippen LogP contribution is 2.29. The summed E-state index contributed by atoms with van der Waals surface area (Å²) in [6.45, 7) is 7.22. The average Bonchev–Trinajstić information content (AvgIpc) is 2.65. The molecule has 25 heavy (non-hydrogen) atoms. The SMILES string of the molecule is CCN1CCN(c2ccc(C(=O)Nc3cccc(Cl)c3Cl)cn2)CC1. The zero-order valence-electron chi connectivity index (χ0n) is 14.0. The van der Waals surface area contributed by atoms with Crippen molar-refractivity contribution in [2.24, 2.45) is 0 Å². The summed E-state index contributed by atoms with van der Waals surface area (Å²) in [4.78, 5) is 21.5. The van der Waals surface area contributed by atoms with Gasteiger partial charge in [-0.15, -0.1) is 0 Å². The molecule has 1 aliphatic rings. The van der Waals surface area contributed by atoms with Crippen molar-refractivity contribution in [2.45, 2.75) is 6.92 Å². The molecule has 1 aromatic carbocycles. The summed E-state index contributed by atoms with van der Waals surface area (Å²) in [7, 11) is 0. The quantitative estimate of drug-likeness (QED) is 0.879. The molecule has 7 heteroatoms. The van der Waals surface area contributed by atoms with E-state index in [0.29, 0.717) is 21.3 Å². The average molecular weight is 379 g/mol. The number of amides is 1. The molecule has 132 valence electrons. The van der Waals surface area contributed by atoms with Gasteiger partial charge in [0.2, 0.25) is 0 Å². The number of halogens is 2. The first-order valence-corrected chi connectivity index (χ1v) is 9.03. The molecule has 1 aliphatic heterocycles. The number of piperazine rings is 1. The minimum absolute atomic E-state index is 0.265. The second-order valence-electron chi connectivity index (χ2n) is 5.88. The van der Waals surface area contributed by atoms with Crippen LogP contribution in [0.3, 0.4) is 0 Å². The van der Waals surface area contributed by atoms with Crippen molar-refractivity contribution >= 4 is 40.6 Å². The van der Waals surface area contributed by atoms with Crippen molar-refractivity contribution in [3.8, 4) is 0 Å². The van der Waals surface area contributed by atoms with Crippen LogP contribution < -0.4 is 10.2 Å². The predicted molar refractivity (Wildman–Crippen MR) is 103 cm³/mol. The zero-order valence-corrected chi connectivity index (χ0v) is 15.5. The Morgan fingerprint density at radius 3 is 2.56 bits per heavy atom. The van der Waals surface area contributed by atoms with E-state index in [0.717, 1.165) is 38.5 Å². The molecular formula is C18H20Cl2N4O. The van der Waals surface area contributed by atoms with Gasteiger partial charge >= 0.3 is 0 Å². The molecule has 0 aliphatic carbocycles. The van der Waals surface area contributed by atoms with Crippen LogP contribution in [-0.4, -0.2) is 48.5 Å². The lowest BCUT2D eigenvalue weighted by atomic mass is 10.2. The van der Waals surface area contributed by atoms with Gasteiger partial charge in [-0.2, -0.15) is 0 Å². The number of aromatic nitrogens is 1. The summed E-state index contributed by atoms with van der Waals surface area (Å²) < 4.78 is 0. The summed E-state index contributed by atoms with van der Waals surface area (Å²) >= 11 is 12.1. The molecule has 0 radical (unpaired) electrons. The first-order chi connectivity index (χ1) is 12.1. The Kier molecular flexibility index (Phi) is 5.78. The van der Waals surface area contributed by atoms with E-state index in [9.17, 15) is 4.79 Å². The van der Waals surface area contributed by atoms with Crippen LogP contribution in [0.2, 0.25) is 10.0 Å². The summed E-state index contributed by atoms with van der Waals surface area (Å²) in [5, 5.41) is 3.50. The van der Waals surface area contributed by atoms with Crippen LogP contribution in [0.15, 0.2) is 36.5 Å². The summed E-state index contributed by atoms with van der Waals surface area (Å²) in [6, 6.07) is 8.79. The van der Waals surface area contributed by atoms with E-state index in [1.165, 1.54) is 0 Å². The highest BCUT2D eigenvalue weighted by atomic mass is 35.5. The van der Waals surface area contributed by atoms with Crippen molar-refractivity contribution in [3.63, 3.8) is 0 Å². The Labute approximate surface area is 157 Å². The smallest absolute Gasteiger partial charge is 0.257 e. The second-order valence-corrected chi connectivity index (χ2v) is 6.67. The van der Waals surface area contributed by atoms with E-state index < -0.39 is 0 Å². The van der Waals surface area contributed by atoms with Crippen LogP contribution in [0.25, 0.3) is 0 Å². The third-order valence-electron chi connectivity index (χ3n) is 4.35. The Morgan fingerprint density at radius 2 is 1.92 bits per heavy atom. The van der Waals surface area contributed by atoms with E-state index >= 15 is 0 Å². The molecule has 2 aromatic rings. The van der Waals surface area contributed by atoms with Crippen LogP contribution in [0.4, 0.5) is 11.5 Å². The van der Waals surface area contributed by atoms with Gasteiger partial charge in [0.05, 0.1) is 21.3 Å². The number of likely N-dealkylation sites (N-methyl/N-ethyl adjacent to an activating group) is 1. The Bertz CT molecular complexity index is 743. The molecule has 0 bridgehead atoms. The van der Waals surface area contributed by atoms with Crippen molar-refractivity contribution in [1.29, 1.82) is 0 Å². The van der Waals surface area contributed by atoms with E-state index in [1.807, 2.05) is 6.07 Å². The van der Waals surface area contributed by atoms with Crippen molar-refractivity contribution in [3.05, 3.63) is 52.1 Å². The highest BCUT2D eigenvalue weighted by Gasteiger charge is 2.17. The van der Waals surface area contributed by atoms with Gasteiger partial charge in [-0.3, -0.25) is 4.79 Å². The van der Waals surface area contributed by atoms with Gasteiger partial charge < -0.3 is 15.1 Å². The summed E-state index contributed by atoms with van der Waals surface area (Å²) in [5.74, 6) is 0.632. The van der Waals surface area contributed by atoms with Crippen LogP contribution in [0.1, 0.15) is 17.3 Å². The largest absolute Gasteiger partial charge is 0.354 e. The summed E-state index contributed by atoms with van der Waals surface area (Å²) in [5.41, 5.74) is 0.964. The number of nitrogens with zero attached hydrogens (tertiary/aromatic N) is 3. The number of hydrogen-bond donors (Lipinski definition) is 1. The van der Waals surface area contributed by atoms with Crippen molar-refractivity contribution in [2.75, 3.05) is 42.9 Å². The minimum Gasteiger partial charge on any atom is -0.354 e. The minimum atomic E-state index is -0.265. The molecular weight excluding hydrogens is 359 g/mol. The van der Waals surface area contributed by atoms with Gasteiger partial charge in [-0.25, -0.2) is 4.98 Å². The normalized spacial score (nSPS) is 15.2. The Balaban J connectivity index is 1.66. The lowest BCUT2D eigenvalue weighted by molar-refractivity contribution is 0.102. The number of pyridine rings is 1. The molecule has 2 heterocycles. The van der Waals surface area contributed by atoms with Gasteiger partial charge in [0, 0.05) is 32.4 Å². The molecule has 1 fully saturated rings. The monoisotopic (exact) mass is 378 g/mol. The van der Waals surface area contributed by atoms with Crippen LogP contribution in [0.5, 0.6) is 0 Å². The van der Waals surface area contributed by atoms with Gasteiger partial charge in [-0.1, -0.05) is 36.2 Å². The third kappa shape index (κ3) is 4.24. The maximum absolute atomic E-state index is 12.4. The molecule has 0 saturated carbocycles. The van der Waals surface area contributed by atoms with E-state index in [1.54, 1.807) is 30.5 Å². The van der Waals surface area contributed by atoms with Gasteiger partial charge in [0.1, 0.15) is 5.82 Å². The zero-order chi connectivity index (χ0) is 17.8. The lowest BCUT2D eigenvalue weighted by Gasteiger charge is -2.34. The van der Waals surface area contributed by atoms with E-state index in [2.05, 4.69) is 27.0 Å². The number of carbonyl (C=O) groups is 1. The molecule has 0 spiro atoms.